The minimum atomic E-state index is -1.000. The number of anilines is 1. The molecule has 2 aromatic rings. The average Bonchev–Trinajstić information content (AvgIpc) is 2.54. The molecule has 0 aromatic heterocycles. The number of fused-ring (bicyclic) bond motifs is 1. The van der Waals surface area contributed by atoms with Gasteiger partial charge in [0.15, 0.2) is 0 Å². The highest BCUT2D eigenvalue weighted by Crippen LogP contribution is 2.39. The lowest BCUT2D eigenvalue weighted by Crippen LogP contribution is -2.40. The summed E-state index contributed by atoms with van der Waals surface area (Å²) in [5.74, 6) is -1.09. The fourth-order valence-corrected chi connectivity index (χ4v) is 2.67. The molecule has 2 aromatic carbocycles. The maximum Gasteiger partial charge on any atom is 0.342 e. The highest BCUT2D eigenvalue weighted by molar-refractivity contribution is 6.04. The summed E-state index contributed by atoms with van der Waals surface area (Å²) in [7, 11) is 0. The number of rotatable bonds is 2. The number of carbonyl (C=O) groups excluding carboxylic acids is 3. The molecule has 0 radical (unpaired) electrons. The van der Waals surface area contributed by atoms with Crippen molar-refractivity contribution in [2.75, 3.05) is 4.90 Å². The van der Waals surface area contributed by atoms with E-state index in [2.05, 4.69) is 0 Å². The highest BCUT2D eigenvalue weighted by Gasteiger charge is 2.37. The molecule has 6 heteroatoms. The van der Waals surface area contributed by atoms with Crippen LogP contribution in [0.1, 0.15) is 36.0 Å². The zero-order valence-electron chi connectivity index (χ0n) is 13.2. The standard InChI is InChI=1S/C18H15NO5/c1-11(20)19-15-9-5-3-7-13(15)18(22)24-17(19)14-8-4-6-10-16(14)23-12(2)21/h3-10,17H,1-2H3/t17-/m0/s1. The van der Waals surface area contributed by atoms with Crippen molar-refractivity contribution in [2.45, 2.75) is 20.1 Å². The zero-order chi connectivity index (χ0) is 17.3. The lowest BCUT2D eigenvalue weighted by molar-refractivity contribution is -0.132. The van der Waals surface area contributed by atoms with Crippen molar-refractivity contribution >= 4 is 23.5 Å². The molecule has 1 aliphatic rings. The first-order chi connectivity index (χ1) is 11.5. The molecule has 1 amide bonds. The van der Waals surface area contributed by atoms with Crippen LogP contribution in [-0.2, 0) is 14.3 Å². The molecule has 3 rings (SSSR count). The molecule has 122 valence electrons. The lowest BCUT2D eigenvalue weighted by Gasteiger charge is -2.36. The van der Waals surface area contributed by atoms with E-state index in [1.165, 1.54) is 18.7 Å². The maximum atomic E-state index is 12.3. The highest BCUT2D eigenvalue weighted by atomic mass is 16.6. The van der Waals surface area contributed by atoms with Crippen molar-refractivity contribution in [3.63, 3.8) is 0 Å². The van der Waals surface area contributed by atoms with Gasteiger partial charge < -0.3 is 9.47 Å². The normalized spacial score (nSPS) is 16.2. The number of hydrogen-bond donors (Lipinski definition) is 0. The Morgan fingerprint density at radius 3 is 2.42 bits per heavy atom. The summed E-state index contributed by atoms with van der Waals surface area (Å²) in [6, 6.07) is 13.4. The molecule has 0 fully saturated rings. The summed E-state index contributed by atoms with van der Waals surface area (Å²) in [4.78, 5) is 37.2. The Balaban J connectivity index is 2.13. The smallest absolute Gasteiger partial charge is 0.342 e. The maximum absolute atomic E-state index is 12.3. The van der Waals surface area contributed by atoms with Gasteiger partial charge in [0, 0.05) is 13.8 Å². The first-order valence-electron chi connectivity index (χ1n) is 7.36. The number of benzene rings is 2. The van der Waals surface area contributed by atoms with E-state index in [9.17, 15) is 14.4 Å². The fraction of sp³-hybridized carbons (Fsp3) is 0.167. The Morgan fingerprint density at radius 1 is 1.04 bits per heavy atom. The van der Waals surface area contributed by atoms with E-state index in [-0.39, 0.29) is 11.7 Å². The van der Waals surface area contributed by atoms with Crippen molar-refractivity contribution in [1.29, 1.82) is 0 Å². The van der Waals surface area contributed by atoms with Crippen LogP contribution >= 0.6 is 0 Å². The molecule has 0 saturated heterocycles. The van der Waals surface area contributed by atoms with Crippen LogP contribution < -0.4 is 9.64 Å². The molecule has 24 heavy (non-hydrogen) atoms. The van der Waals surface area contributed by atoms with E-state index < -0.39 is 18.2 Å². The minimum Gasteiger partial charge on any atom is -0.433 e. The van der Waals surface area contributed by atoms with Gasteiger partial charge in [-0.15, -0.1) is 0 Å². The van der Waals surface area contributed by atoms with Gasteiger partial charge in [-0.3, -0.25) is 14.5 Å². The van der Waals surface area contributed by atoms with Gasteiger partial charge in [0.05, 0.1) is 16.8 Å². The summed E-state index contributed by atoms with van der Waals surface area (Å²) in [5.41, 5.74) is 1.20. The molecule has 0 bridgehead atoms. The predicted molar refractivity (Wildman–Crippen MR) is 85.5 cm³/mol. The molecule has 0 unspecified atom stereocenters. The topological polar surface area (TPSA) is 72.9 Å². The van der Waals surface area contributed by atoms with Crippen molar-refractivity contribution in [3.05, 3.63) is 59.7 Å². The van der Waals surface area contributed by atoms with Crippen molar-refractivity contribution < 1.29 is 23.9 Å². The number of hydrogen-bond acceptors (Lipinski definition) is 5. The molecular formula is C18H15NO5. The van der Waals surface area contributed by atoms with Gasteiger partial charge in [0.25, 0.3) is 0 Å². The van der Waals surface area contributed by atoms with E-state index in [0.717, 1.165) is 0 Å². The predicted octanol–water partition coefficient (Wildman–Crippen LogP) is 2.83. The SMILES string of the molecule is CC(=O)Oc1ccccc1[C@@H]1OC(=O)c2ccccc2N1C(C)=O. The molecular weight excluding hydrogens is 310 g/mol. The number of para-hydroxylation sites is 2. The van der Waals surface area contributed by atoms with E-state index in [1.54, 1.807) is 48.5 Å². The van der Waals surface area contributed by atoms with E-state index in [0.29, 0.717) is 16.8 Å². The van der Waals surface area contributed by atoms with Gasteiger partial charge in [-0.1, -0.05) is 24.3 Å². The Bertz CT molecular complexity index is 830. The van der Waals surface area contributed by atoms with E-state index >= 15 is 0 Å². The summed E-state index contributed by atoms with van der Waals surface area (Å²) in [6.45, 7) is 2.67. The van der Waals surface area contributed by atoms with Crippen LogP contribution in [0.4, 0.5) is 5.69 Å². The summed E-state index contributed by atoms with van der Waals surface area (Å²) < 4.78 is 10.7. The van der Waals surface area contributed by atoms with Gasteiger partial charge in [0.2, 0.25) is 12.1 Å². The van der Waals surface area contributed by atoms with Crippen LogP contribution in [-0.4, -0.2) is 17.8 Å². The Labute approximate surface area is 138 Å². The number of amides is 1. The second-order valence-corrected chi connectivity index (χ2v) is 5.30. The first kappa shape index (κ1) is 15.7. The molecule has 1 heterocycles. The number of esters is 2. The molecule has 6 nitrogen and oxygen atoms in total. The molecule has 0 N–H and O–H groups in total. The van der Waals surface area contributed by atoms with Crippen molar-refractivity contribution in [1.82, 2.24) is 0 Å². The summed E-state index contributed by atoms with van der Waals surface area (Å²) >= 11 is 0. The third-order valence-corrected chi connectivity index (χ3v) is 3.61. The largest absolute Gasteiger partial charge is 0.433 e. The van der Waals surface area contributed by atoms with Crippen LogP contribution in [0.15, 0.2) is 48.5 Å². The lowest BCUT2D eigenvalue weighted by atomic mass is 10.1. The van der Waals surface area contributed by atoms with Crippen LogP contribution in [0.3, 0.4) is 0 Å². The first-order valence-corrected chi connectivity index (χ1v) is 7.36. The monoisotopic (exact) mass is 325 g/mol. The number of cyclic esters (lactones) is 1. The van der Waals surface area contributed by atoms with Crippen LogP contribution in [0.2, 0.25) is 0 Å². The molecule has 0 spiro atoms. The molecule has 0 aliphatic carbocycles. The third-order valence-electron chi connectivity index (χ3n) is 3.61. The van der Waals surface area contributed by atoms with Crippen LogP contribution in [0.25, 0.3) is 0 Å². The van der Waals surface area contributed by atoms with Crippen LogP contribution in [0.5, 0.6) is 5.75 Å². The Kier molecular flexibility index (Phi) is 4.04. The van der Waals surface area contributed by atoms with Crippen LogP contribution in [0, 0.1) is 0 Å². The third kappa shape index (κ3) is 2.74. The number of carbonyl (C=O) groups is 3. The van der Waals surface area contributed by atoms with Crippen molar-refractivity contribution in [2.24, 2.45) is 0 Å². The average molecular weight is 325 g/mol. The van der Waals surface area contributed by atoms with E-state index in [1.807, 2.05) is 0 Å². The second kappa shape index (κ2) is 6.16. The Hall–Kier alpha value is -3.15. The van der Waals surface area contributed by atoms with Gasteiger partial charge in [-0.25, -0.2) is 4.79 Å². The summed E-state index contributed by atoms with van der Waals surface area (Å²) in [5, 5.41) is 0. The number of ether oxygens (including phenoxy) is 2. The van der Waals surface area contributed by atoms with Gasteiger partial charge in [-0.05, 0) is 24.3 Å². The summed E-state index contributed by atoms with van der Waals surface area (Å²) in [6.07, 6.45) is -1.000. The van der Waals surface area contributed by atoms with Gasteiger partial charge in [0.1, 0.15) is 5.75 Å². The zero-order valence-corrected chi connectivity index (χ0v) is 13.2. The quantitative estimate of drug-likeness (QED) is 0.627. The fourth-order valence-electron chi connectivity index (χ4n) is 2.67. The second-order valence-electron chi connectivity index (χ2n) is 5.30. The van der Waals surface area contributed by atoms with E-state index in [4.69, 9.17) is 9.47 Å². The Morgan fingerprint density at radius 2 is 1.71 bits per heavy atom. The molecule has 1 aliphatic heterocycles. The number of nitrogens with zero attached hydrogens (tertiary/aromatic N) is 1. The van der Waals surface area contributed by atoms with Gasteiger partial charge in [-0.2, -0.15) is 0 Å². The van der Waals surface area contributed by atoms with Crippen molar-refractivity contribution in [3.8, 4) is 5.75 Å². The molecule has 0 saturated carbocycles. The molecule has 1 atom stereocenters. The minimum absolute atomic E-state index is 0.244. The van der Waals surface area contributed by atoms with Gasteiger partial charge >= 0.3 is 11.9 Å².